The summed E-state index contributed by atoms with van der Waals surface area (Å²) in [5.41, 5.74) is 1.66. The van der Waals surface area contributed by atoms with Gasteiger partial charge in [-0.3, -0.25) is 9.48 Å². The van der Waals surface area contributed by atoms with Crippen LogP contribution in [0.2, 0.25) is 5.15 Å². The molecule has 120 valence electrons. The molecule has 0 unspecified atom stereocenters. The van der Waals surface area contributed by atoms with Crippen molar-refractivity contribution in [1.82, 2.24) is 9.78 Å². The fourth-order valence-electron chi connectivity index (χ4n) is 2.02. The fraction of sp³-hybridized carbons (Fsp3) is 0.312. The standard InChI is InChI=1S/C16H17ClN4OS/c1-10(8-18)9-23-13-7-5-4-6-12(13)19-16(22)14-11(2)20-21(3)15(14)17/h4-7,10H,9H2,1-3H3,(H,19,22)/t10-/m0/s1. The molecule has 0 spiro atoms. The van der Waals surface area contributed by atoms with Gasteiger partial charge in [-0.05, 0) is 26.0 Å². The van der Waals surface area contributed by atoms with Crippen LogP contribution in [0.15, 0.2) is 29.2 Å². The Balaban J connectivity index is 2.20. The van der Waals surface area contributed by atoms with E-state index in [0.29, 0.717) is 27.9 Å². The Hall–Kier alpha value is -1.97. The summed E-state index contributed by atoms with van der Waals surface area (Å²) in [5, 5.41) is 16.2. The minimum atomic E-state index is -0.290. The van der Waals surface area contributed by atoms with Crippen molar-refractivity contribution in [1.29, 1.82) is 5.26 Å². The number of para-hydroxylation sites is 1. The number of anilines is 1. The molecule has 23 heavy (non-hydrogen) atoms. The number of carbonyl (C=O) groups is 1. The number of halogens is 1. The Bertz CT molecular complexity index is 766. The van der Waals surface area contributed by atoms with Gasteiger partial charge in [-0.1, -0.05) is 23.7 Å². The van der Waals surface area contributed by atoms with E-state index in [1.807, 2.05) is 31.2 Å². The Morgan fingerprint density at radius 2 is 2.22 bits per heavy atom. The van der Waals surface area contributed by atoms with Gasteiger partial charge in [-0.25, -0.2) is 0 Å². The highest BCUT2D eigenvalue weighted by Crippen LogP contribution is 2.29. The van der Waals surface area contributed by atoms with E-state index >= 15 is 0 Å². The summed E-state index contributed by atoms with van der Waals surface area (Å²) in [6.45, 7) is 3.61. The summed E-state index contributed by atoms with van der Waals surface area (Å²) >= 11 is 7.67. The Kier molecular flexibility index (Phi) is 5.69. The monoisotopic (exact) mass is 348 g/mol. The number of nitriles is 1. The number of nitrogens with zero attached hydrogens (tertiary/aromatic N) is 3. The molecule has 0 aliphatic rings. The zero-order valence-electron chi connectivity index (χ0n) is 13.1. The fourth-order valence-corrected chi connectivity index (χ4v) is 3.23. The number of nitrogens with one attached hydrogen (secondary N) is 1. The van der Waals surface area contributed by atoms with Crippen LogP contribution in [0, 0.1) is 24.2 Å². The lowest BCUT2D eigenvalue weighted by molar-refractivity contribution is 0.102. The first-order valence-electron chi connectivity index (χ1n) is 7.06. The maximum Gasteiger partial charge on any atom is 0.260 e. The topological polar surface area (TPSA) is 70.7 Å². The molecule has 1 heterocycles. The number of hydrogen-bond acceptors (Lipinski definition) is 4. The first-order valence-corrected chi connectivity index (χ1v) is 8.42. The van der Waals surface area contributed by atoms with Gasteiger partial charge in [0.2, 0.25) is 0 Å². The van der Waals surface area contributed by atoms with Crippen molar-refractivity contribution in [3.8, 4) is 6.07 Å². The largest absolute Gasteiger partial charge is 0.321 e. The summed E-state index contributed by atoms with van der Waals surface area (Å²) in [6.07, 6.45) is 0. The maximum absolute atomic E-state index is 12.5. The number of carbonyl (C=O) groups excluding carboxylic acids is 1. The molecule has 5 nitrogen and oxygen atoms in total. The molecule has 1 atom stereocenters. The van der Waals surface area contributed by atoms with Gasteiger partial charge < -0.3 is 5.32 Å². The minimum Gasteiger partial charge on any atom is -0.321 e. The summed E-state index contributed by atoms with van der Waals surface area (Å²) in [4.78, 5) is 13.4. The van der Waals surface area contributed by atoms with Crippen molar-refractivity contribution in [3.05, 3.63) is 40.7 Å². The molecule has 0 aliphatic carbocycles. The van der Waals surface area contributed by atoms with Gasteiger partial charge in [0.15, 0.2) is 0 Å². The smallest absolute Gasteiger partial charge is 0.260 e. The van der Waals surface area contributed by atoms with Crippen LogP contribution in [0.4, 0.5) is 5.69 Å². The van der Waals surface area contributed by atoms with E-state index in [0.717, 1.165) is 4.90 Å². The third kappa shape index (κ3) is 4.06. The van der Waals surface area contributed by atoms with Crippen LogP contribution < -0.4 is 5.32 Å². The highest BCUT2D eigenvalue weighted by Gasteiger charge is 2.20. The lowest BCUT2D eigenvalue weighted by Crippen LogP contribution is -2.14. The third-order valence-corrected chi connectivity index (χ3v) is 4.99. The van der Waals surface area contributed by atoms with Crippen LogP contribution in [-0.2, 0) is 7.05 Å². The van der Waals surface area contributed by atoms with Crippen LogP contribution in [0.3, 0.4) is 0 Å². The van der Waals surface area contributed by atoms with Crippen LogP contribution >= 0.6 is 23.4 Å². The number of rotatable bonds is 5. The van der Waals surface area contributed by atoms with E-state index in [1.54, 1.807) is 14.0 Å². The van der Waals surface area contributed by atoms with E-state index in [1.165, 1.54) is 16.4 Å². The van der Waals surface area contributed by atoms with Crippen molar-refractivity contribution < 1.29 is 4.79 Å². The average molecular weight is 349 g/mol. The summed E-state index contributed by atoms with van der Waals surface area (Å²) in [5.74, 6) is 0.316. The lowest BCUT2D eigenvalue weighted by atomic mass is 10.2. The SMILES string of the molecule is Cc1nn(C)c(Cl)c1C(=O)Nc1ccccc1SC[C@@H](C)C#N. The number of amides is 1. The summed E-state index contributed by atoms with van der Waals surface area (Å²) in [7, 11) is 1.69. The van der Waals surface area contributed by atoms with Crippen LogP contribution in [-0.4, -0.2) is 21.4 Å². The predicted molar refractivity (Wildman–Crippen MR) is 92.9 cm³/mol. The molecule has 2 aromatic rings. The summed E-state index contributed by atoms with van der Waals surface area (Å²) in [6, 6.07) is 9.70. The number of aromatic nitrogens is 2. The van der Waals surface area contributed by atoms with Gasteiger partial charge in [-0.15, -0.1) is 11.8 Å². The highest BCUT2D eigenvalue weighted by molar-refractivity contribution is 7.99. The van der Waals surface area contributed by atoms with E-state index in [2.05, 4.69) is 16.5 Å². The zero-order chi connectivity index (χ0) is 17.0. The average Bonchev–Trinajstić information content (AvgIpc) is 2.78. The molecule has 0 saturated heterocycles. The quantitative estimate of drug-likeness (QED) is 0.832. The van der Waals surface area contributed by atoms with Gasteiger partial charge in [0.25, 0.3) is 5.91 Å². The number of hydrogen-bond donors (Lipinski definition) is 1. The number of aryl methyl sites for hydroxylation is 2. The molecule has 0 bridgehead atoms. The molecule has 0 fully saturated rings. The van der Waals surface area contributed by atoms with Crippen molar-refractivity contribution in [3.63, 3.8) is 0 Å². The van der Waals surface area contributed by atoms with E-state index < -0.39 is 0 Å². The molecule has 1 aromatic heterocycles. The van der Waals surface area contributed by atoms with Crippen LogP contribution in [0.25, 0.3) is 0 Å². The molecule has 2 rings (SSSR count). The maximum atomic E-state index is 12.5. The molecular weight excluding hydrogens is 332 g/mol. The number of thioether (sulfide) groups is 1. The number of benzene rings is 1. The zero-order valence-corrected chi connectivity index (χ0v) is 14.7. The minimum absolute atomic E-state index is 0.0567. The van der Waals surface area contributed by atoms with Crippen molar-refractivity contribution >= 4 is 35.0 Å². The van der Waals surface area contributed by atoms with E-state index in [9.17, 15) is 4.79 Å². The Labute approximate surface area is 144 Å². The van der Waals surface area contributed by atoms with Gasteiger partial charge in [-0.2, -0.15) is 10.4 Å². The Morgan fingerprint density at radius 3 is 2.83 bits per heavy atom. The molecular formula is C16H17ClN4OS. The second-order valence-electron chi connectivity index (χ2n) is 5.17. The van der Waals surface area contributed by atoms with Crippen molar-refractivity contribution in [2.75, 3.05) is 11.1 Å². The molecule has 1 amide bonds. The van der Waals surface area contributed by atoms with Gasteiger partial charge in [0, 0.05) is 17.7 Å². The normalized spacial score (nSPS) is 11.8. The molecule has 0 radical (unpaired) electrons. The molecule has 1 aromatic carbocycles. The lowest BCUT2D eigenvalue weighted by Gasteiger charge is -2.11. The van der Waals surface area contributed by atoms with Crippen molar-refractivity contribution in [2.24, 2.45) is 13.0 Å². The van der Waals surface area contributed by atoms with E-state index in [4.69, 9.17) is 16.9 Å². The second-order valence-corrected chi connectivity index (χ2v) is 6.59. The Morgan fingerprint density at radius 1 is 1.52 bits per heavy atom. The summed E-state index contributed by atoms with van der Waals surface area (Å²) < 4.78 is 1.47. The first-order chi connectivity index (χ1) is 10.9. The second kappa shape index (κ2) is 7.53. The van der Waals surface area contributed by atoms with Gasteiger partial charge >= 0.3 is 0 Å². The molecule has 0 saturated carbocycles. The molecule has 0 aliphatic heterocycles. The first kappa shape index (κ1) is 17.4. The van der Waals surface area contributed by atoms with Crippen LogP contribution in [0.5, 0.6) is 0 Å². The van der Waals surface area contributed by atoms with Gasteiger partial charge in [0.1, 0.15) is 5.15 Å². The van der Waals surface area contributed by atoms with E-state index in [-0.39, 0.29) is 11.8 Å². The third-order valence-electron chi connectivity index (χ3n) is 3.22. The molecule has 1 N–H and O–H groups in total. The van der Waals surface area contributed by atoms with Gasteiger partial charge in [0.05, 0.1) is 28.9 Å². The van der Waals surface area contributed by atoms with Crippen LogP contribution in [0.1, 0.15) is 23.0 Å². The highest BCUT2D eigenvalue weighted by atomic mass is 35.5. The van der Waals surface area contributed by atoms with Crippen molar-refractivity contribution in [2.45, 2.75) is 18.7 Å². The predicted octanol–water partition coefficient (Wildman–Crippen LogP) is 3.89. The molecule has 7 heteroatoms.